The van der Waals surface area contributed by atoms with Crippen LogP contribution in [0.15, 0.2) is 36.9 Å². The van der Waals surface area contributed by atoms with Gasteiger partial charge in [-0.2, -0.15) is 0 Å². The van der Waals surface area contributed by atoms with Crippen molar-refractivity contribution < 1.29 is 0 Å². The Kier molecular flexibility index (Phi) is 3.60. The van der Waals surface area contributed by atoms with E-state index in [1.165, 1.54) is 25.0 Å². The minimum absolute atomic E-state index is 0.224. The molecular formula is C15H20N4. The molecule has 1 N–H and O–H groups in total. The van der Waals surface area contributed by atoms with Crippen LogP contribution in [0.25, 0.3) is 0 Å². The third-order valence-electron chi connectivity index (χ3n) is 3.90. The van der Waals surface area contributed by atoms with Crippen LogP contribution in [0, 0.1) is 0 Å². The first kappa shape index (κ1) is 12.4. The summed E-state index contributed by atoms with van der Waals surface area (Å²) in [5.41, 5.74) is 2.36. The van der Waals surface area contributed by atoms with Crippen molar-refractivity contribution in [2.45, 2.75) is 38.3 Å². The summed E-state index contributed by atoms with van der Waals surface area (Å²) in [5.74, 6) is 0. The SMILES string of the molecule is CC(c1ccccn1)n1cncc1C1CCCCN1. The average Bonchev–Trinajstić information content (AvgIpc) is 2.98. The Balaban J connectivity index is 1.87. The highest BCUT2D eigenvalue weighted by Crippen LogP contribution is 2.26. The third kappa shape index (κ3) is 2.54. The molecule has 0 amide bonds. The van der Waals surface area contributed by atoms with Crippen molar-refractivity contribution >= 4 is 0 Å². The summed E-state index contributed by atoms with van der Waals surface area (Å²) in [6, 6.07) is 6.72. The Morgan fingerprint density at radius 3 is 3.05 bits per heavy atom. The van der Waals surface area contributed by atoms with Crippen molar-refractivity contribution in [3.05, 3.63) is 48.3 Å². The average molecular weight is 256 g/mol. The zero-order chi connectivity index (χ0) is 13.1. The molecule has 0 spiro atoms. The van der Waals surface area contributed by atoms with Gasteiger partial charge in [0.25, 0.3) is 0 Å². The fourth-order valence-corrected chi connectivity index (χ4v) is 2.78. The maximum Gasteiger partial charge on any atom is 0.0954 e. The molecule has 4 heteroatoms. The van der Waals surface area contributed by atoms with Crippen molar-refractivity contribution in [1.82, 2.24) is 19.9 Å². The molecule has 0 radical (unpaired) electrons. The molecule has 1 aliphatic heterocycles. The van der Waals surface area contributed by atoms with Gasteiger partial charge >= 0.3 is 0 Å². The number of piperidine rings is 1. The summed E-state index contributed by atoms with van der Waals surface area (Å²) in [4.78, 5) is 8.79. The maximum atomic E-state index is 4.45. The van der Waals surface area contributed by atoms with Crippen LogP contribution in [0.2, 0.25) is 0 Å². The Morgan fingerprint density at radius 2 is 2.32 bits per heavy atom. The molecule has 0 aromatic carbocycles. The predicted molar refractivity (Wildman–Crippen MR) is 74.9 cm³/mol. The number of rotatable bonds is 3. The van der Waals surface area contributed by atoms with Gasteiger partial charge in [-0.05, 0) is 38.4 Å². The van der Waals surface area contributed by atoms with Gasteiger partial charge in [-0.3, -0.25) is 4.98 Å². The topological polar surface area (TPSA) is 42.7 Å². The lowest BCUT2D eigenvalue weighted by Gasteiger charge is -2.26. The number of hydrogen-bond acceptors (Lipinski definition) is 3. The second kappa shape index (κ2) is 5.53. The minimum Gasteiger partial charge on any atom is -0.324 e. The van der Waals surface area contributed by atoms with Crippen LogP contribution in [-0.2, 0) is 0 Å². The standard InChI is InChI=1S/C15H20N4/c1-12(13-6-2-4-8-17-13)19-11-16-10-15(19)14-7-3-5-9-18-14/h2,4,6,8,10-12,14,18H,3,5,7,9H2,1H3. The fourth-order valence-electron chi connectivity index (χ4n) is 2.78. The van der Waals surface area contributed by atoms with Crippen LogP contribution in [0.5, 0.6) is 0 Å². The lowest BCUT2D eigenvalue weighted by atomic mass is 10.0. The van der Waals surface area contributed by atoms with Crippen LogP contribution in [0.1, 0.15) is 49.7 Å². The van der Waals surface area contributed by atoms with Crippen LogP contribution in [0.4, 0.5) is 0 Å². The number of pyridine rings is 1. The lowest BCUT2D eigenvalue weighted by molar-refractivity contribution is 0.388. The number of nitrogens with one attached hydrogen (secondary N) is 1. The molecule has 0 saturated carbocycles. The highest BCUT2D eigenvalue weighted by Gasteiger charge is 2.21. The van der Waals surface area contributed by atoms with Gasteiger partial charge in [-0.15, -0.1) is 0 Å². The Bertz CT molecular complexity index is 514. The summed E-state index contributed by atoms with van der Waals surface area (Å²) in [5, 5.41) is 3.59. The number of imidazole rings is 1. The van der Waals surface area contributed by atoms with Gasteiger partial charge in [0.2, 0.25) is 0 Å². The lowest BCUT2D eigenvalue weighted by Crippen LogP contribution is -2.29. The summed E-state index contributed by atoms with van der Waals surface area (Å²) in [6.45, 7) is 3.28. The zero-order valence-electron chi connectivity index (χ0n) is 11.3. The third-order valence-corrected chi connectivity index (χ3v) is 3.90. The molecule has 1 fully saturated rings. The van der Waals surface area contributed by atoms with E-state index < -0.39 is 0 Å². The van der Waals surface area contributed by atoms with Crippen molar-refractivity contribution in [1.29, 1.82) is 0 Å². The van der Waals surface area contributed by atoms with Gasteiger partial charge in [-0.1, -0.05) is 12.5 Å². The van der Waals surface area contributed by atoms with Crippen molar-refractivity contribution in [2.75, 3.05) is 6.54 Å². The molecule has 1 aliphatic rings. The first-order valence-electron chi connectivity index (χ1n) is 7.02. The summed E-state index contributed by atoms with van der Waals surface area (Å²) >= 11 is 0. The number of hydrogen-bond donors (Lipinski definition) is 1. The normalized spacial score (nSPS) is 21.2. The monoisotopic (exact) mass is 256 g/mol. The molecule has 1 saturated heterocycles. The molecule has 0 bridgehead atoms. The largest absolute Gasteiger partial charge is 0.324 e. The highest BCUT2D eigenvalue weighted by atomic mass is 15.1. The Morgan fingerprint density at radius 1 is 1.37 bits per heavy atom. The van der Waals surface area contributed by atoms with E-state index in [-0.39, 0.29) is 6.04 Å². The van der Waals surface area contributed by atoms with Gasteiger partial charge < -0.3 is 9.88 Å². The fraction of sp³-hybridized carbons (Fsp3) is 0.467. The molecule has 2 atom stereocenters. The van der Waals surface area contributed by atoms with E-state index in [0.717, 1.165) is 12.2 Å². The van der Waals surface area contributed by atoms with E-state index in [1.807, 2.05) is 30.9 Å². The minimum atomic E-state index is 0.224. The number of aromatic nitrogens is 3. The zero-order valence-corrected chi connectivity index (χ0v) is 11.3. The van der Waals surface area contributed by atoms with E-state index in [0.29, 0.717) is 6.04 Å². The first-order valence-corrected chi connectivity index (χ1v) is 7.02. The van der Waals surface area contributed by atoms with E-state index >= 15 is 0 Å². The van der Waals surface area contributed by atoms with E-state index in [1.54, 1.807) is 0 Å². The van der Waals surface area contributed by atoms with Crippen molar-refractivity contribution in [3.8, 4) is 0 Å². The molecule has 2 aromatic rings. The Labute approximate surface area is 113 Å². The predicted octanol–water partition coefficient (Wildman–Crippen LogP) is 2.70. The van der Waals surface area contributed by atoms with Gasteiger partial charge in [0.1, 0.15) is 0 Å². The van der Waals surface area contributed by atoms with Gasteiger partial charge in [0.15, 0.2) is 0 Å². The molecular weight excluding hydrogens is 236 g/mol. The van der Waals surface area contributed by atoms with Crippen molar-refractivity contribution in [2.24, 2.45) is 0 Å². The summed E-state index contributed by atoms with van der Waals surface area (Å²) in [7, 11) is 0. The maximum absolute atomic E-state index is 4.45. The van der Waals surface area contributed by atoms with Crippen LogP contribution in [0.3, 0.4) is 0 Å². The van der Waals surface area contributed by atoms with Gasteiger partial charge in [0.05, 0.1) is 23.8 Å². The first-order chi connectivity index (χ1) is 9.36. The molecule has 3 rings (SSSR count). The van der Waals surface area contributed by atoms with E-state index in [4.69, 9.17) is 0 Å². The summed E-state index contributed by atoms with van der Waals surface area (Å²) in [6.07, 6.45) is 9.52. The molecule has 19 heavy (non-hydrogen) atoms. The second-order valence-electron chi connectivity index (χ2n) is 5.16. The molecule has 2 unspecified atom stereocenters. The van der Waals surface area contributed by atoms with Gasteiger partial charge in [-0.25, -0.2) is 4.98 Å². The second-order valence-corrected chi connectivity index (χ2v) is 5.16. The Hall–Kier alpha value is -1.68. The summed E-state index contributed by atoms with van der Waals surface area (Å²) < 4.78 is 2.24. The van der Waals surface area contributed by atoms with Crippen LogP contribution >= 0.6 is 0 Å². The molecule has 100 valence electrons. The van der Waals surface area contributed by atoms with E-state index in [2.05, 4.69) is 32.8 Å². The van der Waals surface area contributed by atoms with E-state index in [9.17, 15) is 0 Å². The number of nitrogens with zero attached hydrogens (tertiary/aromatic N) is 3. The van der Waals surface area contributed by atoms with Crippen molar-refractivity contribution in [3.63, 3.8) is 0 Å². The van der Waals surface area contributed by atoms with Gasteiger partial charge in [0, 0.05) is 18.4 Å². The quantitative estimate of drug-likeness (QED) is 0.918. The molecule has 3 heterocycles. The molecule has 0 aliphatic carbocycles. The smallest absolute Gasteiger partial charge is 0.0954 e. The molecule has 2 aromatic heterocycles. The highest BCUT2D eigenvalue weighted by molar-refractivity contribution is 5.15. The van der Waals surface area contributed by atoms with Crippen LogP contribution in [-0.4, -0.2) is 21.1 Å². The van der Waals surface area contributed by atoms with Crippen LogP contribution < -0.4 is 5.32 Å². The molecule has 4 nitrogen and oxygen atoms in total.